The monoisotopic (exact) mass is 393 g/mol. The van der Waals surface area contributed by atoms with Gasteiger partial charge < -0.3 is 10.2 Å². The average molecular weight is 393 g/mol. The van der Waals surface area contributed by atoms with Crippen LogP contribution in [-0.2, 0) is 11.3 Å². The summed E-state index contributed by atoms with van der Waals surface area (Å²) in [6.07, 6.45) is 0.152. The van der Waals surface area contributed by atoms with Gasteiger partial charge in [-0.3, -0.25) is 14.5 Å². The number of thiophene rings is 1. The predicted octanol–water partition coefficient (Wildman–Crippen LogP) is 2.49. The fraction of sp³-hybridized carbons (Fsp3) is 0.368. The Morgan fingerprint density at radius 3 is 2.56 bits per heavy atom. The molecule has 0 spiro atoms. The lowest BCUT2D eigenvalue weighted by Crippen LogP contribution is -2.48. The maximum Gasteiger partial charge on any atom is 0.254 e. The number of halogens is 2. The van der Waals surface area contributed by atoms with Crippen molar-refractivity contribution < 1.29 is 18.4 Å². The van der Waals surface area contributed by atoms with E-state index in [1.54, 1.807) is 16.2 Å². The van der Waals surface area contributed by atoms with E-state index < -0.39 is 17.5 Å². The molecule has 1 N–H and O–H groups in total. The minimum Gasteiger partial charge on any atom is -0.351 e. The van der Waals surface area contributed by atoms with E-state index in [2.05, 4.69) is 21.7 Å². The van der Waals surface area contributed by atoms with E-state index in [-0.39, 0.29) is 24.4 Å². The number of benzene rings is 1. The topological polar surface area (TPSA) is 52.7 Å². The summed E-state index contributed by atoms with van der Waals surface area (Å²) in [4.78, 5) is 29.6. The van der Waals surface area contributed by atoms with Crippen LogP contribution in [0.4, 0.5) is 8.78 Å². The van der Waals surface area contributed by atoms with Crippen molar-refractivity contribution >= 4 is 23.2 Å². The molecule has 0 aliphatic carbocycles. The molecule has 2 aromatic rings. The van der Waals surface area contributed by atoms with Crippen molar-refractivity contribution in [3.8, 4) is 0 Å². The number of carbonyl (C=O) groups excluding carboxylic acids is 2. The van der Waals surface area contributed by atoms with Gasteiger partial charge in [0.15, 0.2) is 0 Å². The van der Waals surface area contributed by atoms with Gasteiger partial charge in [-0.15, -0.1) is 11.3 Å². The molecule has 27 heavy (non-hydrogen) atoms. The Morgan fingerprint density at radius 2 is 1.89 bits per heavy atom. The quantitative estimate of drug-likeness (QED) is 0.821. The zero-order valence-electron chi connectivity index (χ0n) is 14.8. The predicted molar refractivity (Wildman–Crippen MR) is 99.5 cm³/mol. The molecule has 1 aliphatic rings. The molecule has 1 aromatic heterocycles. The molecule has 0 atom stereocenters. The Morgan fingerprint density at radius 1 is 1.11 bits per heavy atom. The van der Waals surface area contributed by atoms with E-state index in [1.807, 2.05) is 6.07 Å². The minimum absolute atomic E-state index is 0.0364. The average Bonchev–Trinajstić information content (AvgIpc) is 3.15. The van der Waals surface area contributed by atoms with E-state index in [9.17, 15) is 18.4 Å². The van der Waals surface area contributed by atoms with Crippen LogP contribution in [0.15, 0.2) is 35.7 Å². The summed E-state index contributed by atoms with van der Waals surface area (Å²) in [7, 11) is 0. The Bertz CT molecular complexity index is 790. The molecule has 0 saturated carbocycles. The zero-order valence-corrected chi connectivity index (χ0v) is 15.6. The van der Waals surface area contributed by atoms with Crippen LogP contribution in [0.25, 0.3) is 0 Å². The number of rotatable bonds is 6. The van der Waals surface area contributed by atoms with Crippen molar-refractivity contribution in [3.05, 3.63) is 57.8 Å². The van der Waals surface area contributed by atoms with Gasteiger partial charge in [0.2, 0.25) is 5.91 Å². The van der Waals surface area contributed by atoms with Crippen LogP contribution < -0.4 is 5.32 Å². The number of nitrogens with one attached hydrogen (secondary N) is 1. The van der Waals surface area contributed by atoms with Crippen LogP contribution in [0.5, 0.6) is 0 Å². The van der Waals surface area contributed by atoms with E-state index >= 15 is 0 Å². The van der Waals surface area contributed by atoms with E-state index in [1.165, 1.54) is 4.88 Å². The number of piperazine rings is 1. The van der Waals surface area contributed by atoms with Crippen LogP contribution in [-0.4, -0.2) is 54.3 Å². The van der Waals surface area contributed by atoms with Gasteiger partial charge in [0.25, 0.3) is 5.91 Å². The lowest BCUT2D eigenvalue weighted by molar-refractivity contribution is -0.132. The third-order valence-electron chi connectivity index (χ3n) is 4.48. The molecule has 1 saturated heterocycles. The first-order valence-corrected chi connectivity index (χ1v) is 9.66. The summed E-state index contributed by atoms with van der Waals surface area (Å²) in [5.74, 6) is -2.34. The molecule has 8 heteroatoms. The summed E-state index contributed by atoms with van der Waals surface area (Å²) < 4.78 is 26.5. The normalized spacial score (nSPS) is 15.0. The molecule has 144 valence electrons. The second kappa shape index (κ2) is 9.05. The molecule has 3 rings (SSSR count). The van der Waals surface area contributed by atoms with Gasteiger partial charge in [-0.2, -0.15) is 0 Å². The first-order valence-electron chi connectivity index (χ1n) is 8.78. The van der Waals surface area contributed by atoms with Crippen molar-refractivity contribution in [1.82, 2.24) is 15.1 Å². The molecule has 1 aliphatic heterocycles. The molecule has 0 bridgehead atoms. The van der Waals surface area contributed by atoms with Crippen molar-refractivity contribution in [2.75, 3.05) is 32.7 Å². The fourth-order valence-electron chi connectivity index (χ4n) is 2.99. The van der Waals surface area contributed by atoms with Gasteiger partial charge >= 0.3 is 0 Å². The number of carbonyl (C=O) groups is 2. The molecule has 2 heterocycles. The summed E-state index contributed by atoms with van der Waals surface area (Å²) in [5.41, 5.74) is -0.231. The first-order chi connectivity index (χ1) is 13.0. The highest BCUT2D eigenvalue weighted by atomic mass is 32.1. The van der Waals surface area contributed by atoms with Gasteiger partial charge in [-0.25, -0.2) is 8.78 Å². The largest absolute Gasteiger partial charge is 0.351 e. The number of nitrogens with zero attached hydrogens (tertiary/aromatic N) is 2. The molecular weight excluding hydrogens is 372 g/mol. The Labute approximate surface area is 160 Å². The summed E-state index contributed by atoms with van der Waals surface area (Å²) in [5, 5.41) is 4.57. The Balaban J connectivity index is 1.39. The van der Waals surface area contributed by atoms with Crippen LogP contribution in [0.1, 0.15) is 21.7 Å². The van der Waals surface area contributed by atoms with Crippen LogP contribution in [0.3, 0.4) is 0 Å². The standard InChI is InChI=1S/C19H21F2N3O2S/c20-14-3-4-16(17(21)12-14)19(26)22-6-5-18(25)24-9-7-23(8-10-24)13-15-2-1-11-27-15/h1-4,11-12H,5-10,13H2,(H,22,26). The molecule has 1 aromatic carbocycles. The fourth-order valence-corrected chi connectivity index (χ4v) is 3.73. The second-order valence-corrected chi connectivity index (χ2v) is 7.40. The maximum absolute atomic E-state index is 13.6. The lowest BCUT2D eigenvalue weighted by Gasteiger charge is -2.34. The number of hydrogen-bond acceptors (Lipinski definition) is 4. The summed E-state index contributed by atoms with van der Waals surface area (Å²) in [6, 6.07) is 6.92. The van der Waals surface area contributed by atoms with Crippen LogP contribution in [0.2, 0.25) is 0 Å². The molecule has 0 radical (unpaired) electrons. The molecular formula is C19H21F2N3O2S. The van der Waals surface area contributed by atoms with E-state index in [0.29, 0.717) is 19.2 Å². The summed E-state index contributed by atoms with van der Waals surface area (Å²) in [6.45, 7) is 3.96. The van der Waals surface area contributed by atoms with Crippen molar-refractivity contribution in [3.63, 3.8) is 0 Å². The molecule has 5 nitrogen and oxygen atoms in total. The highest BCUT2D eigenvalue weighted by Gasteiger charge is 2.21. The van der Waals surface area contributed by atoms with Gasteiger partial charge in [0.1, 0.15) is 11.6 Å². The Kier molecular flexibility index (Phi) is 6.52. The molecule has 0 unspecified atom stereocenters. The lowest BCUT2D eigenvalue weighted by atomic mass is 10.2. The van der Waals surface area contributed by atoms with Gasteiger partial charge in [0.05, 0.1) is 5.56 Å². The number of hydrogen-bond donors (Lipinski definition) is 1. The molecule has 1 fully saturated rings. The zero-order chi connectivity index (χ0) is 19.2. The van der Waals surface area contributed by atoms with Gasteiger partial charge in [0, 0.05) is 56.6 Å². The molecule has 2 amide bonds. The highest BCUT2D eigenvalue weighted by Crippen LogP contribution is 2.14. The third-order valence-corrected chi connectivity index (χ3v) is 5.35. The van der Waals surface area contributed by atoms with Crippen molar-refractivity contribution in [2.24, 2.45) is 0 Å². The van der Waals surface area contributed by atoms with Gasteiger partial charge in [-0.05, 0) is 23.6 Å². The third kappa shape index (κ3) is 5.33. The van der Waals surface area contributed by atoms with Crippen molar-refractivity contribution in [2.45, 2.75) is 13.0 Å². The maximum atomic E-state index is 13.6. The summed E-state index contributed by atoms with van der Waals surface area (Å²) >= 11 is 1.73. The highest BCUT2D eigenvalue weighted by molar-refractivity contribution is 7.09. The second-order valence-electron chi connectivity index (χ2n) is 6.37. The van der Waals surface area contributed by atoms with E-state index in [4.69, 9.17) is 0 Å². The van der Waals surface area contributed by atoms with Crippen LogP contribution in [0, 0.1) is 11.6 Å². The minimum atomic E-state index is -0.916. The van der Waals surface area contributed by atoms with Gasteiger partial charge in [-0.1, -0.05) is 6.07 Å². The SMILES string of the molecule is O=C(NCCC(=O)N1CCN(Cc2cccs2)CC1)c1ccc(F)cc1F. The Hall–Kier alpha value is -2.32. The number of amides is 2. The van der Waals surface area contributed by atoms with Crippen molar-refractivity contribution in [1.29, 1.82) is 0 Å². The van der Waals surface area contributed by atoms with E-state index in [0.717, 1.165) is 31.8 Å². The smallest absolute Gasteiger partial charge is 0.254 e. The first kappa shape index (κ1) is 19.4. The van der Waals surface area contributed by atoms with Crippen LogP contribution >= 0.6 is 11.3 Å².